The summed E-state index contributed by atoms with van der Waals surface area (Å²) in [7, 11) is 0. The maximum absolute atomic E-state index is 12.1. The smallest absolute Gasteiger partial charge is 0.320 e. The fourth-order valence-electron chi connectivity index (χ4n) is 2.62. The van der Waals surface area contributed by atoms with Crippen LogP contribution in [0.15, 0.2) is 30.3 Å². The molecule has 0 saturated carbocycles. The third-order valence-electron chi connectivity index (χ3n) is 4.11. The predicted octanol–water partition coefficient (Wildman–Crippen LogP) is -0.317. The first kappa shape index (κ1) is 19.4. The second-order valence-corrected chi connectivity index (χ2v) is 6.06. The van der Waals surface area contributed by atoms with Gasteiger partial charge in [-0.15, -0.1) is 0 Å². The van der Waals surface area contributed by atoms with E-state index in [1.165, 1.54) is 0 Å². The Balaban J connectivity index is 1.73. The van der Waals surface area contributed by atoms with Crippen molar-refractivity contribution >= 4 is 12.4 Å². The largest absolute Gasteiger partial charge is 0.460 e. The Morgan fingerprint density at radius 2 is 1.60 bits per heavy atom. The summed E-state index contributed by atoms with van der Waals surface area (Å²) in [4.78, 5) is 26.9. The number of esters is 1. The van der Waals surface area contributed by atoms with E-state index < -0.39 is 0 Å². The van der Waals surface area contributed by atoms with E-state index in [1.807, 2.05) is 30.3 Å². The number of benzene rings is 1. The summed E-state index contributed by atoms with van der Waals surface area (Å²) < 4.78 is 5.37. The Morgan fingerprint density at radius 3 is 2.20 bits per heavy atom. The minimum atomic E-state index is -0.205. The minimum absolute atomic E-state index is 0.205. The van der Waals surface area contributed by atoms with Gasteiger partial charge in [0.1, 0.15) is 6.61 Å². The van der Waals surface area contributed by atoms with Crippen molar-refractivity contribution in [3.63, 3.8) is 0 Å². The fourth-order valence-corrected chi connectivity index (χ4v) is 2.62. The number of carbonyl (C=O) groups is 2. The molecular weight excluding hydrogens is 320 g/mol. The van der Waals surface area contributed by atoms with Crippen LogP contribution in [-0.4, -0.2) is 81.1 Å². The van der Waals surface area contributed by atoms with Crippen molar-refractivity contribution < 1.29 is 14.3 Å². The molecule has 1 fully saturated rings. The van der Waals surface area contributed by atoms with Crippen LogP contribution in [-0.2, 0) is 20.9 Å². The van der Waals surface area contributed by atoms with Crippen molar-refractivity contribution in [3.05, 3.63) is 35.9 Å². The monoisotopic (exact) mass is 348 g/mol. The lowest BCUT2D eigenvalue weighted by Gasteiger charge is -2.24. The number of amides is 1. The highest BCUT2D eigenvalue weighted by atomic mass is 16.5. The van der Waals surface area contributed by atoms with Gasteiger partial charge in [-0.05, 0) is 5.56 Å². The van der Waals surface area contributed by atoms with Crippen LogP contribution in [0.4, 0.5) is 0 Å². The van der Waals surface area contributed by atoms with Crippen molar-refractivity contribution in [2.45, 2.75) is 6.61 Å². The minimum Gasteiger partial charge on any atom is -0.460 e. The van der Waals surface area contributed by atoms with Crippen LogP contribution in [0, 0.1) is 0 Å². The summed E-state index contributed by atoms with van der Waals surface area (Å²) in [6.45, 7) is 6.59. The number of ether oxygens (including phenoxy) is 1. The topological polar surface area (TPSA) is 73.9 Å². The second-order valence-electron chi connectivity index (χ2n) is 6.06. The molecule has 1 aromatic rings. The molecule has 0 aliphatic carbocycles. The van der Waals surface area contributed by atoms with Crippen LogP contribution in [0.5, 0.6) is 0 Å². The molecule has 0 radical (unpaired) electrons. The van der Waals surface area contributed by atoms with Crippen LogP contribution in [0.2, 0.25) is 0 Å². The third kappa shape index (κ3) is 8.11. The zero-order valence-electron chi connectivity index (χ0n) is 14.7. The van der Waals surface area contributed by atoms with E-state index in [9.17, 15) is 9.59 Å². The first-order valence-electron chi connectivity index (χ1n) is 8.80. The molecule has 0 atom stereocenters. The Hall–Kier alpha value is -1.96. The number of rotatable bonds is 5. The summed E-state index contributed by atoms with van der Waals surface area (Å²) in [5.74, 6) is -0.205. The van der Waals surface area contributed by atoms with Gasteiger partial charge in [-0.25, -0.2) is 0 Å². The van der Waals surface area contributed by atoms with Gasteiger partial charge >= 0.3 is 5.97 Å². The quantitative estimate of drug-likeness (QED) is 0.561. The van der Waals surface area contributed by atoms with Crippen LogP contribution in [0.3, 0.4) is 0 Å². The van der Waals surface area contributed by atoms with Crippen molar-refractivity contribution in [2.75, 3.05) is 58.9 Å². The lowest BCUT2D eigenvalue weighted by atomic mass is 10.2. The summed E-state index contributed by atoms with van der Waals surface area (Å²) in [6, 6.07) is 9.70. The molecule has 0 aromatic heterocycles. The molecule has 2 rings (SSSR count). The van der Waals surface area contributed by atoms with Gasteiger partial charge in [-0.3, -0.25) is 14.5 Å². The molecule has 2 N–H and O–H groups in total. The van der Waals surface area contributed by atoms with Crippen LogP contribution < -0.4 is 10.6 Å². The van der Waals surface area contributed by atoms with E-state index in [4.69, 9.17) is 4.74 Å². The lowest BCUT2D eigenvalue weighted by molar-refractivity contribution is -0.146. The summed E-state index contributed by atoms with van der Waals surface area (Å²) in [5.41, 5.74) is 0.993. The van der Waals surface area contributed by atoms with E-state index in [1.54, 1.807) is 4.90 Å². The van der Waals surface area contributed by atoms with E-state index in [0.29, 0.717) is 19.7 Å². The molecule has 1 aliphatic heterocycles. The summed E-state index contributed by atoms with van der Waals surface area (Å²) >= 11 is 0. The molecule has 0 spiro atoms. The Labute approximate surface area is 149 Å². The first-order chi connectivity index (χ1) is 12.3. The van der Waals surface area contributed by atoms with Gasteiger partial charge in [-0.2, -0.15) is 0 Å². The second kappa shape index (κ2) is 11.6. The molecule has 25 heavy (non-hydrogen) atoms. The predicted molar refractivity (Wildman–Crippen MR) is 96.1 cm³/mol. The molecule has 0 bridgehead atoms. The number of carbonyl (C=O) groups excluding carboxylic acids is 2. The maximum Gasteiger partial charge on any atom is 0.320 e. The van der Waals surface area contributed by atoms with Gasteiger partial charge in [0.25, 0.3) is 0 Å². The molecule has 138 valence electrons. The zero-order valence-corrected chi connectivity index (χ0v) is 14.7. The Kier molecular flexibility index (Phi) is 8.96. The van der Waals surface area contributed by atoms with Crippen LogP contribution in [0.1, 0.15) is 5.56 Å². The fraction of sp³-hybridized carbons (Fsp3) is 0.556. The molecule has 7 nitrogen and oxygen atoms in total. The van der Waals surface area contributed by atoms with Gasteiger partial charge in [0.2, 0.25) is 6.41 Å². The molecule has 1 amide bonds. The average molecular weight is 348 g/mol. The number of hydrogen-bond acceptors (Lipinski definition) is 6. The van der Waals surface area contributed by atoms with Gasteiger partial charge in [-0.1, -0.05) is 30.3 Å². The molecule has 0 unspecified atom stereocenters. The number of hydrogen-bond donors (Lipinski definition) is 2. The van der Waals surface area contributed by atoms with Crippen molar-refractivity contribution in [2.24, 2.45) is 0 Å². The summed E-state index contributed by atoms with van der Waals surface area (Å²) in [6.07, 6.45) is 0.893. The Bertz CT molecular complexity index is 498. The first-order valence-corrected chi connectivity index (χ1v) is 8.80. The van der Waals surface area contributed by atoms with Gasteiger partial charge in [0.05, 0.1) is 6.54 Å². The van der Waals surface area contributed by atoms with E-state index in [2.05, 4.69) is 15.5 Å². The Morgan fingerprint density at radius 1 is 1.00 bits per heavy atom. The SMILES string of the molecule is O=CN1CCNCCN(CC(=O)OCc2ccccc2)CCNCC1. The molecular formula is C18H28N4O3. The van der Waals surface area contributed by atoms with Gasteiger partial charge in [0, 0.05) is 52.4 Å². The highest BCUT2D eigenvalue weighted by molar-refractivity contribution is 5.71. The zero-order chi connectivity index (χ0) is 17.7. The summed E-state index contributed by atoms with van der Waals surface area (Å²) in [5, 5.41) is 6.63. The normalized spacial score (nSPS) is 18.0. The maximum atomic E-state index is 12.1. The molecule has 7 heteroatoms. The molecule has 1 saturated heterocycles. The molecule has 1 aliphatic rings. The van der Waals surface area contributed by atoms with Gasteiger partial charge in [0.15, 0.2) is 0 Å². The standard InChI is InChI=1S/C18H28N4O3/c23-16-22-12-8-19-6-10-21(11-7-20-9-13-22)14-18(24)25-15-17-4-2-1-3-5-17/h1-5,16,19-20H,6-15H2. The highest BCUT2D eigenvalue weighted by Crippen LogP contribution is 2.01. The van der Waals surface area contributed by atoms with E-state index >= 15 is 0 Å². The average Bonchev–Trinajstić information content (AvgIpc) is 2.63. The van der Waals surface area contributed by atoms with E-state index in [0.717, 1.165) is 51.2 Å². The number of nitrogens with zero attached hydrogens (tertiary/aromatic N) is 2. The van der Waals surface area contributed by atoms with Crippen molar-refractivity contribution in [1.82, 2.24) is 20.4 Å². The van der Waals surface area contributed by atoms with E-state index in [-0.39, 0.29) is 12.5 Å². The van der Waals surface area contributed by atoms with Crippen molar-refractivity contribution in [3.8, 4) is 0 Å². The third-order valence-corrected chi connectivity index (χ3v) is 4.11. The molecule has 1 heterocycles. The van der Waals surface area contributed by atoms with Crippen molar-refractivity contribution in [1.29, 1.82) is 0 Å². The van der Waals surface area contributed by atoms with Gasteiger partial charge < -0.3 is 20.3 Å². The van der Waals surface area contributed by atoms with Crippen LogP contribution in [0.25, 0.3) is 0 Å². The van der Waals surface area contributed by atoms with Crippen LogP contribution >= 0.6 is 0 Å². The molecule has 1 aromatic carbocycles. The lowest BCUT2D eigenvalue weighted by Crippen LogP contribution is -2.44. The number of nitrogens with one attached hydrogen (secondary N) is 2. The highest BCUT2D eigenvalue weighted by Gasteiger charge is 2.12.